The van der Waals surface area contributed by atoms with Crippen LogP contribution in [0.5, 0.6) is 0 Å². The molecular weight excluding hydrogens is 251 g/mol. The van der Waals surface area contributed by atoms with Gasteiger partial charge in [0.05, 0.1) is 6.54 Å². The number of amidine groups is 1. The number of fused-ring (bicyclic) bond motifs is 1. The number of nitrogens with zero attached hydrogens (tertiary/aromatic N) is 1. The first-order valence-electron chi connectivity index (χ1n) is 6.93. The van der Waals surface area contributed by atoms with Crippen molar-refractivity contribution in [1.29, 1.82) is 5.41 Å². The van der Waals surface area contributed by atoms with E-state index in [1.165, 1.54) is 17.7 Å². The highest BCUT2D eigenvalue weighted by atomic mass is 19.1. The molecule has 0 atom stereocenters. The van der Waals surface area contributed by atoms with Crippen LogP contribution in [0.2, 0.25) is 0 Å². The van der Waals surface area contributed by atoms with E-state index in [4.69, 9.17) is 5.41 Å². The lowest BCUT2D eigenvalue weighted by Crippen LogP contribution is -2.22. The van der Waals surface area contributed by atoms with Gasteiger partial charge in [-0.25, -0.2) is 4.39 Å². The molecule has 1 heterocycles. The summed E-state index contributed by atoms with van der Waals surface area (Å²) in [6, 6.07) is 13.0. The molecule has 0 saturated carbocycles. The van der Waals surface area contributed by atoms with Gasteiger partial charge < -0.3 is 4.90 Å². The number of hydrogen-bond donors (Lipinski definition) is 1. The van der Waals surface area contributed by atoms with Gasteiger partial charge in [-0.15, -0.1) is 0 Å². The van der Waals surface area contributed by atoms with Crippen LogP contribution >= 0.6 is 0 Å². The van der Waals surface area contributed by atoms with E-state index in [-0.39, 0.29) is 5.82 Å². The van der Waals surface area contributed by atoms with Gasteiger partial charge in [0.15, 0.2) is 0 Å². The fraction of sp³-hybridized carbons (Fsp3) is 0.235. The average molecular weight is 268 g/mol. The van der Waals surface area contributed by atoms with Gasteiger partial charge in [0.2, 0.25) is 0 Å². The number of aryl methyl sites for hydroxylation is 1. The Morgan fingerprint density at radius 2 is 1.90 bits per heavy atom. The molecule has 0 aromatic heterocycles. The number of anilines is 1. The van der Waals surface area contributed by atoms with Crippen molar-refractivity contribution < 1.29 is 4.39 Å². The zero-order chi connectivity index (χ0) is 14.1. The van der Waals surface area contributed by atoms with Gasteiger partial charge in [-0.1, -0.05) is 31.5 Å². The van der Waals surface area contributed by atoms with Crippen LogP contribution in [-0.2, 0) is 13.0 Å². The summed E-state index contributed by atoms with van der Waals surface area (Å²) in [7, 11) is 0. The lowest BCUT2D eigenvalue weighted by molar-refractivity contribution is 0.627. The van der Waals surface area contributed by atoms with E-state index in [0.29, 0.717) is 17.9 Å². The fourth-order valence-electron chi connectivity index (χ4n) is 2.65. The minimum absolute atomic E-state index is 0.284. The zero-order valence-electron chi connectivity index (χ0n) is 11.5. The first-order chi connectivity index (χ1) is 9.69. The van der Waals surface area contributed by atoms with Gasteiger partial charge in [-0.3, -0.25) is 5.41 Å². The van der Waals surface area contributed by atoms with Gasteiger partial charge in [-0.2, -0.15) is 0 Å². The van der Waals surface area contributed by atoms with Crippen molar-refractivity contribution in [2.45, 2.75) is 26.3 Å². The van der Waals surface area contributed by atoms with Crippen molar-refractivity contribution >= 4 is 11.5 Å². The first-order valence-corrected chi connectivity index (χ1v) is 6.93. The summed E-state index contributed by atoms with van der Waals surface area (Å²) in [5, 5.41) is 8.22. The summed E-state index contributed by atoms with van der Waals surface area (Å²) in [5.74, 6) is 0.0939. The molecule has 0 unspecified atom stereocenters. The molecule has 0 aliphatic carbocycles. The first kappa shape index (κ1) is 12.9. The van der Waals surface area contributed by atoms with E-state index >= 15 is 0 Å². The summed E-state index contributed by atoms with van der Waals surface area (Å²) in [5.41, 5.74) is 4.01. The highest BCUT2D eigenvalue weighted by Gasteiger charge is 2.25. The topological polar surface area (TPSA) is 27.1 Å². The predicted octanol–water partition coefficient (Wildman–Crippen LogP) is 4.12. The third-order valence-electron chi connectivity index (χ3n) is 3.71. The molecule has 20 heavy (non-hydrogen) atoms. The fourth-order valence-corrected chi connectivity index (χ4v) is 2.65. The van der Waals surface area contributed by atoms with Gasteiger partial charge >= 0.3 is 0 Å². The smallest absolute Gasteiger partial charge is 0.133 e. The van der Waals surface area contributed by atoms with E-state index in [1.54, 1.807) is 6.07 Å². The van der Waals surface area contributed by atoms with E-state index in [9.17, 15) is 4.39 Å². The van der Waals surface area contributed by atoms with Gasteiger partial charge in [-0.05, 0) is 41.8 Å². The highest BCUT2D eigenvalue weighted by Crippen LogP contribution is 2.28. The van der Waals surface area contributed by atoms with E-state index in [0.717, 1.165) is 24.1 Å². The Bertz CT molecular complexity index is 647. The lowest BCUT2D eigenvalue weighted by Gasteiger charge is -2.18. The maximum Gasteiger partial charge on any atom is 0.133 e. The molecule has 0 spiro atoms. The van der Waals surface area contributed by atoms with Crippen LogP contribution in [-0.4, -0.2) is 5.84 Å². The van der Waals surface area contributed by atoms with Crippen LogP contribution in [0.1, 0.15) is 30.0 Å². The van der Waals surface area contributed by atoms with Gasteiger partial charge in [0.1, 0.15) is 11.7 Å². The maximum absolute atomic E-state index is 13.3. The van der Waals surface area contributed by atoms with E-state index in [2.05, 4.69) is 19.1 Å². The molecule has 2 nitrogen and oxygen atoms in total. The van der Waals surface area contributed by atoms with Crippen molar-refractivity contribution in [2.24, 2.45) is 0 Å². The van der Waals surface area contributed by atoms with Crippen LogP contribution < -0.4 is 4.90 Å². The zero-order valence-corrected chi connectivity index (χ0v) is 11.5. The Morgan fingerprint density at radius 1 is 1.15 bits per heavy atom. The molecule has 2 aromatic rings. The minimum Gasteiger partial charge on any atom is -0.322 e. The predicted molar refractivity (Wildman–Crippen MR) is 79.8 cm³/mol. The highest BCUT2D eigenvalue weighted by molar-refractivity contribution is 6.11. The number of halogens is 1. The molecule has 0 bridgehead atoms. The molecule has 0 radical (unpaired) electrons. The molecule has 0 fully saturated rings. The second kappa shape index (κ2) is 5.08. The normalized spacial score (nSPS) is 13.7. The van der Waals surface area contributed by atoms with Crippen molar-refractivity contribution in [2.75, 3.05) is 4.90 Å². The second-order valence-corrected chi connectivity index (χ2v) is 5.15. The van der Waals surface area contributed by atoms with Crippen LogP contribution in [0.4, 0.5) is 10.1 Å². The van der Waals surface area contributed by atoms with Crippen molar-refractivity contribution in [3.8, 4) is 0 Å². The quantitative estimate of drug-likeness (QED) is 0.890. The van der Waals surface area contributed by atoms with Crippen LogP contribution in [0.25, 0.3) is 0 Å². The Morgan fingerprint density at radius 3 is 2.60 bits per heavy atom. The molecule has 0 amide bonds. The summed E-state index contributed by atoms with van der Waals surface area (Å²) < 4.78 is 13.3. The Kier molecular flexibility index (Phi) is 3.26. The Balaban J connectivity index is 1.88. The Labute approximate surface area is 118 Å². The van der Waals surface area contributed by atoms with Crippen molar-refractivity contribution in [3.63, 3.8) is 0 Å². The van der Waals surface area contributed by atoms with E-state index < -0.39 is 0 Å². The molecule has 0 saturated heterocycles. The van der Waals surface area contributed by atoms with Gasteiger partial charge in [0, 0.05) is 11.3 Å². The lowest BCUT2D eigenvalue weighted by atomic mass is 10.1. The third kappa shape index (κ3) is 2.20. The van der Waals surface area contributed by atoms with Crippen LogP contribution in [0, 0.1) is 11.2 Å². The van der Waals surface area contributed by atoms with Crippen molar-refractivity contribution in [1.82, 2.24) is 0 Å². The summed E-state index contributed by atoms with van der Waals surface area (Å²) in [6.45, 7) is 2.80. The standard InChI is InChI=1S/C17H17FN2/c1-2-3-12-4-8-15(9-5-12)20-11-13-6-7-14(18)10-16(13)17(20)19/h4-10,19H,2-3,11H2,1H3. The number of rotatable bonds is 3. The van der Waals surface area contributed by atoms with Crippen LogP contribution in [0.3, 0.4) is 0 Å². The molecule has 1 N–H and O–H groups in total. The third-order valence-corrected chi connectivity index (χ3v) is 3.71. The maximum atomic E-state index is 13.3. The molecule has 102 valence electrons. The SMILES string of the molecule is CCCc1ccc(N2Cc3ccc(F)cc3C2=N)cc1. The monoisotopic (exact) mass is 268 g/mol. The molecular formula is C17H17FN2. The summed E-state index contributed by atoms with van der Waals surface area (Å²) >= 11 is 0. The molecule has 1 aliphatic rings. The second-order valence-electron chi connectivity index (χ2n) is 5.15. The average Bonchev–Trinajstić information content (AvgIpc) is 2.77. The molecule has 1 aliphatic heterocycles. The largest absolute Gasteiger partial charge is 0.322 e. The number of hydrogen-bond acceptors (Lipinski definition) is 1. The minimum atomic E-state index is -0.284. The molecule has 2 aromatic carbocycles. The Hall–Kier alpha value is -2.16. The van der Waals surface area contributed by atoms with Gasteiger partial charge in [0.25, 0.3) is 0 Å². The molecule has 3 heteroatoms. The summed E-state index contributed by atoms with van der Waals surface area (Å²) in [6.07, 6.45) is 2.20. The van der Waals surface area contributed by atoms with Crippen molar-refractivity contribution in [3.05, 3.63) is 65.0 Å². The summed E-state index contributed by atoms with van der Waals surface area (Å²) in [4.78, 5) is 1.92. The number of nitrogens with one attached hydrogen (secondary N) is 1. The number of benzene rings is 2. The van der Waals surface area contributed by atoms with Crippen LogP contribution in [0.15, 0.2) is 42.5 Å². The molecule has 3 rings (SSSR count). The van der Waals surface area contributed by atoms with E-state index in [1.807, 2.05) is 17.0 Å².